The zero-order valence-corrected chi connectivity index (χ0v) is 11.0. The van der Waals surface area contributed by atoms with Crippen molar-refractivity contribution in [1.82, 2.24) is 0 Å². The van der Waals surface area contributed by atoms with Crippen molar-refractivity contribution in [2.24, 2.45) is 0 Å². The van der Waals surface area contributed by atoms with Gasteiger partial charge in [0.05, 0.1) is 12.2 Å². The molecule has 1 atom stereocenters. The van der Waals surface area contributed by atoms with Gasteiger partial charge in [-0.15, -0.1) is 0 Å². The van der Waals surface area contributed by atoms with Crippen molar-refractivity contribution in [3.63, 3.8) is 0 Å². The Balaban J connectivity index is 1.69. The average molecular weight is 265 g/mol. The highest BCUT2D eigenvalue weighted by Gasteiger charge is 2.40. The van der Waals surface area contributed by atoms with E-state index in [1.165, 1.54) is 18.9 Å². The molecule has 0 bridgehead atoms. The number of nitrogen functional groups attached to an aromatic ring is 1. The van der Waals surface area contributed by atoms with E-state index in [0.717, 1.165) is 25.7 Å². The third kappa shape index (κ3) is 2.68. The fourth-order valence-electron chi connectivity index (χ4n) is 3.24. The normalized spacial score (nSPS) is 25.6. The van der Waals surface area contributed by atoms with Crippen molar-refractivity contribution in [3.05, 3.63) is 24.0 Å². The summed E-state index contributed by atoms with van der Waals surface area (Å²) in [4.78, 5) is 0. The molecule has 19 heavy (non-hydrogen) atoms. The molecule has 2 fully saturated rings. The van der Waals surface area contributed by atoms with Gasteiger partial charge >= 0.3 is 0 Å². The summed E-state index contributed by atoms with van der Waals surface area (Å²) in [5.41, 5.74) is 5.95. The second kappa shape index (κ2) is 5.00. The molecule has 1 aromatic rings. The van der Waals surface area contributed by atoms with E-state index in [-0.39, 0.29) is 17.5 Å². The summed E-state index contributed by atoms with van der Waals surface area (Å²) in [6, 6.07) is 4.59. The van der Waals surface area contributed by atoms with E-state index >= 15 is 0 Å². The van der Waals surface area contributed by atoms with Crippen molar-refractivity contribution in [2.45, 2.75) is 50.2 Å². The minimum atomic E-state index is -0.382. The van der Waals surface area contributed by atoms with Crippen molar-refractivity contribution in [3.8, 4) is 5.75 Å². The van der Waals surface area contributed by atoms with Gasteiger partial charge in [0, 0.05) is 24.6 Å². The van der Waals surface area contributed by atoms with Crippen LogP contribution in [0.1, 0.15) is 38.5 Å². The Bertz CT molecular complexity index is 457. The molecule has 1 spiro atoms. The van der Waals surface area contributed by atoms with Gasteiger partial charge in [-0.1, -0.05) is 12.8 Å². The maximum Gasteiger partial charge on any atom is 0.167 e. The number of ether oxygens (including phenoxy) is 2. The lowest BCUT2D eigenvalue weighted by Gasteiger charge is -2.38. The van der Waals surface area contributed by atoms with E-state index in [4.69, 9.17) is 15.2 Å². The molecular weight excluding hydrogens is 245 g/mol. The molecule has 2 N–H and O–H groups in total. The summed E-state index contributed by atoms with van der Waals surface area (Å²) in [6.45, 7) is 0.710. The van der Waals surface area contributed by atoms with Crippen LogP contribution in [0, 0.1) is 5.82 Å². The minimum absolute atomic E-state index is 0.00675. The lowest BCUT2D eigenvalue weighted by molar-refractivity contribution is -0.108. The van der Waals surface area contributed by atoms with E-state index < -0.39 is 0 Å². The SMILES string of the molecule is Nc1ccc(OC2CCOC3(CCCC3)C2)c(F)c1. The van der Waals surface area contributed by atoms with Gasteiger partial charge in [0.25, 0.3) is 0 Å². The zero-order chi connectivity index (χ0) is 13.3. The molecule has 1 saturated heterocycles. The molecule has 0 radical (unpaired) electrons. The Hall–Kier alpha value is -1.29. The van der Waals surface area contributed by atoms with Gasteiger partial charge in [-0.05, 0) is 25.0 Å². The van der Waals surface area contributed by atoms with Gasteiger partial charge in [0.15, 0.2) is 11.6 Å². The van der Waals surface area contributed by atoms with Gasteiger partial charge in [-0.25, -0.2) is 4.39 Å². The second-order valence-corrected chi connectivity index (χ2v) is 5.66. The van der Waals surface area contributed by atoms with E-state index in [1.807, 2.05) is 0 Å². The Morgan fingerprint density at radius 3 is 2.84 bits per heavy atom. The van der Waals surface area contributed by atoms with E-state index in [9.17, 15) is 4.39 Å². The number of halogens is 1. The molecule has 4 heteroatoms. The van der Waals surface area contributed by atoms with Gasteiger partial charge in [-0.3, -0.25) is 0 Å². The zero-order valence-electron chi connectivity index (χ0n) is 11.0. The number of nitrogens with two attached hydrogens (primary N) is 1. The molecule has 0 amide bonds. The summed E-state index contributed by atoms with van der Waals surface area (Å²) in [5.74, 6) is -0.0822. The predicted molar refractivity (Wildman–Crippen MR) is 71.6 cm³/mol. The van der Waals surface area contributed by atoms with Crippen molar-refractivity contribution < 1.29 is 13.9 Å². The van der Waals surface area contributed by atoms with Crippen LogP contribution >= 0.6 is 0 Å². The summed E-state index contributed by atoms with van der Waals surface area (Å²) in [7, 11) is 0. The minimum Gasteiger partial charge on any atom is -0.487 e. The molecule has 3 nitrogen and oxygen atoms in total. The van der Waals surface area contributed by atoms with Crippen LogP contribution in [0.15, 0.2) is 18.2 Å². The third-order valence-electron chi connectivity index (χ3n) is 4.21. The monoisotopic (exact) mass is 265 g/mol. The molecular formula is C15H20FNO2. The van der Waals surface area contributed by atoms with Crippen LogP contribution in [0.4, 0.5) is 10.1 Å². The fraction of sp³-hybridized carbons (Fsp3) is 0.600. The summed E-state index contributed by atoms with van der Waals surface area (Å²) < 4.78 is 25.5. The average Bonchev–Trinajstić information content (AvgIpc) is 2.81. The first-order chi connectivity index (χ1) is 9.17. The van der Waals surface area contributed by atoms with E-state index in [1.54, 1.807) is 12.1 Å². The van der Waals surface area contributed by atoms with Crippen molar-refractivity contribution in [2.75, 3.05) is 12.3 Å². The number of anilines is 1. The summed E-state index contributed by atoms with van der Waals surface area (Å²) in [6.07, 6.45) is 6.41. The molecule has 104 valence electrons. The van der Waals surface area contributed by atoms with E-state index in [2.05, 4.69) is 0 Å². The topological polar surface area (TPSA) is 44.5 Å². The van der Waals surface area contributed by atoms with Crippen LogP contribution in [0.3, 0.4) is 0 Å². The maximum atomic E-state index is 13.7. The fourth-order valence-corrected chi connectivity index (χ4v) is 3.24. The van der Waals surface area contributed by atoms with Crippen LogP contribution in [-0.2, 0) is 4.74 Å². The lowest BCUT2D eigenvalue weighted by Crippen LogP contribution is -2.41. The largest absolute Gasteiger partial charge is 0.487 e. The smallest absolute Gasteiger partial charge is 0.167 e. The first-order valence-electron chi connectivity index (χ1n) is 7.03. The number of rotatable bonds is 2. The van der Waals surface area contributed by atoms with Gasteiger partial charge < -0.3 is 15.2 Å². The van der Waals surface area contributed by atoms with Crippen LogP contribution < -0.4 is 10.5 Å². The number of hydrogen-bond donors (Lipinski definition) is 1. The first-order valence-corrected chi connectivity index (χ1v) is 7.03. The third-order valence-corrected chi connectivity index (χ3v) is 4.21. The second-order valence-electron chi connectivity index (χ2n) is 5.66. The molecule has 1 aliphatic carbocycles. The Labute approximate surface area is 112 Å². The van der Waals surface area contributed by atoms with Gasteiger partial charge in [0.2, 0.25) is 0 Å². The van der Waals surface area contributed by atoms with Crippen LogP contribution in [0.2, 0.25) is 0 Å². The number of benzene rings is 1. The highest BCUT2D eigenvalue weighted by Crippen LogP contribution is 2.41. The standard InChI is InChI=1S/C15H20FNO2/c16-13-9-11(17)3-4-14(13)19-12-5-8-18-15(10-12)6-1-2-7-15/h3-4,9,12H,1-2,5-8,10,17H2. The lowest BCUT2D eigenvalue weighted by atomic mass is 9.90. The molecule has 3 rings (SSSR count). The molecule has 2 aliphatic rings. The quantitative estimate of drug-likeness (QED) is 0.835. The van der Waals surface area contributed by atoms with E-state index in [0.29, 0.717) is 18.0 Å². The Morgan fingerprint density at radius 2 is 2.11 bits per heavy atom. The van der Waals surface area contributed by atoms with Gasteiger partial charge in [-0.2, -0.15) is 0 Å². The van der Waals surface area contributed by atoms with Crippen molar-refractivity contribution in [1.29, 1.82) is 0 Å². The molecule has 0 aromatic heterocycles. The Kier molecular flexibility index (Phi) is 3.35. The maximum absolute atomic E-state index is 13.7. The highest BCUT2D eigenvalue weighted by molar-refractivity contribution is 5.42. The van der Waals surface area contributed by atoms with Crippen molar-refractivity contribution >= 4 is 5.69 Å². The highest BCUT2D eigenvalue weighted by atomic mass is 19.1. The predicted octanol–water partition coefficient (Wildman–Crippen LogP) is 3.28. The molecule has 1 saturated carbocycles. The number of hydrogen-bond acceptors (Lipinski definition) is 3. The molecule has 1 heterocycles. The van der Waals surface area contributed by atoms with Gasteiger partial charge in [0.1, 0.15) is 6.10 Å². The molecule has 1 aromatic carbocycles. The summed E-state index contributed by atoms with van der Waals surface area (Å²) >= 11 is 0. The van der Waals surface area contributed by atoms with Crippen LogP contribution in [-0.4, -0.2) is 18.3 Å². The molecule has 1 unspecified atom stereocenters. The summed E-state index contributed by atoms with van der Waals surface area (Å²) in [5, 5.41) is 0. The Morgan fingerprint density at radius 1 is 1.32 bits per heavy atom. The molecule has 1 aliphatic heterocycles. The van der Waals surface area contributed by atoms with Crippen LogP contribution in [0.25, 0.3) is 0 Å². The van der Waals surface area contributed by atoms with Crippen LogP contribution in [0.5, 0.6) is 5.75 Å². The first kappa shape index (κ1) is 12.7.